The molecule has 1 amide bonds. The van der Waals surface area contributed by atoms with E-state index < -0.39 is 0 Å². The SMILES string of the molecule is COc1cc(C2SCC(=O)N2CCc2cnc[nH]2)cc2c1OCO2. The molecule has 8 heteroatoms. The number of carbonyl (C=O) groups excluding carboxylic acids is 1. The number of nitrogens with one attached hydrogen (secondary N) is 1. The van der Waals surface area contributed by atoms with Crippen LogP contribution in [0.4, 0.5) is 0 Å². The van der Waals surface area contributed by atoms with Crippen LogP contribution in [-0.4, -0.2) is 47.0 Å². The predicted molar refractivity (Wildman–Crippen MR) is 88.3 cm³/mol. The van der Waals surface area contributed by atoms with Gasteiger partial charge >= 0.3 is 0 Å². The first-order valence-corrected chi connectivity index (χ1v) is 8.67. The third-order valence-electron chi connectivity index (χ3n) is 4.11. The second kappa shape index (κ2) is 6.27. The largest absolute Gasteiger partial charge is 0.493 e. The highest BCUT2D eigenvalue weighted by Gasteiger charge is 2.34. The molecular formula is C16H17N3O4S. The molecule has 0 radical (unpaired) electrons. The van der Waals surface area contributed by atoms with Crippen molar-refractivity contribution in [1.82, 2.24) is 14.9 Å². The van der Waals surface area contributed by atoms with Crippen molar-refractivity contribution in [3.8, 4) is 17.2 Å². The third-order valence-corrected chi connectivity index (χ3v) is 5.37. The summed E-state index contributed by atoms with van der Waals surface area (Å²) in [5.74, 6) is 2.54. The minimum absolute atomic E-state index is 0.0520. The number of rotatable bonds is 5. The molecule has 1 saturated heterocycles. The Balaban J connectivity index is 1.59. The van der Waals surface area contributed by atoms with Gasteiger partial charge in [-0.2, -0.15) is 0 Å². The molecule has 0 spiro atoms. The molecule has 4 rings (SSSR count). The number of benzene rings is 1. The summed E-state index contributed by atoms with van der Waals surface area (Å²) in [6.45, 7) is 0.824. The highest BCUT2D eigenvalue weighted by atomic mass is 32.2. The summed E-state index contributed by atoms with van der Waals surface area (Å²) in [5, 5.41) is -0.0520. The van der Waals surface area contributed by atoms with E-state index >= 15 is 0 Å². The molecule has 1 unspecified atom stereocenters. The maximum atomic E-state index is 12.3. The number of imidazole rings is 1. The van der Waals surface area contributed by atoms with E-state index in [1.807, 2.05) is 17.0 Å². The molecule has 126 valence electrons. The lowest BCUT2D eigenvalue weighted by atomic mass is 10.1. The van der Waals surface area contributed by atoms with Crippen LogP contribution in [0.25, 0.3) is 0 Å². The molecule has 1 N–H and O–H groups in total. The Morgan fingerprint density at radius 1 is 1.46 bits per heavy atom. The molecule has 1 atom stereocenters. The highest BCUT2D eigenvalue weighted by Crippen LogP contribution is 2.47. The maximum Gasteiger partial charge on any atom is 0.233 e. The fraction of sp³-hybridized carbons (Fsp3) is 0.375. The van der Waals surface area contributed by atoms with Crippen molar-refractivity contribution < 1.29 is 19.0 Å². The normalized spacial score (nSPS) is 19.1. The Hall–Kier alpha value is -2.35. The van der Waals surface area contributed by atoms with Gasteiger partial charge in [0.2, 0.25) is 18.4 Å². The average molecular weight is 347 g/mol. The predicted octanol–water partition coefficient (Wildman–Crippen LogP) is 1.96. The number of aromatic amines is 1. The van der Waals surface area contributed by atoms with Crippen molar-refractivity contribution in [2.24, 2.45) is 0 Å². The zero-order valence-corrected chi connectivity index (χ0v) is 14.0. The Morgan fingerprint density at radius 3 is 3.17 bits per heavy atom. The molecule has 2 aliphatic rings. The fourth-order valence-corrected chi connectivity index (χ4v) is 4.12. The zero-order chi connectivity index (χ0) is 16.5. The van der Waals surface area contributed by atoms with Gasteiger partial charge in [0.15, 0.2) is 11.5 Å². The van der Waals surface area contributed by atoms with E-state index in [2.05, 4.69) is 9.97 Å². The Kier molecular flexibility index (Phi) is 3.97. The van der Waals surface area contributed by atoms with Crippen LogP contribution >= 0.6 is 11.8 Å². The molecule has 0 bridgehead atoms. The number of methoxy groups -OCH3 is 1. The standard InChI is InChI=1S/C16H17N3O4S/c1-21-12-4-10(5-13-15(12)23-9-22-13)16-19(14(20)7-24-16)3-2-11-6-17-8-18-11/h4-6,8,16H,2-3,7,9H2,1H3,(H,17,18). The minimum Gasteiger partial charge on any atom is -0.493 e. The van der Waals surface area contributed by atoms with Gasteiger partial charge in [-0.05, 0) is 17.7 Å². The number of nitrogens with zero attached hydrogens (tertiary/aromatic N) is 2. The molecule has 0 saturated carbocycles. The molecule has 3 heterocycles. The second-order valence-corrected chi connectivity index (χ2v) is 6.60. The number of carbonyl (C=O) groups is 1. The van der Waals surface area contributed by atoms with E-state index in [9.17, 15) is 4.79 Å². The summed E-state index contributed by atoms with van der Waals surface area (Å²) in [5.41, 5.74) is 2.00. The molecule has 0 aliphatic carbocycles. The molecule has 1 aromatic carbocycles. The molecule has 1 fully saturated rings. The van der Waals surface area contributed by atoms with Crippen LogP contribution in [-0.2, 0) is 11.2 Å². The average Bonchev–Trinajstić information content (AvgIpc) is 3.32. The summed E-state index contributed by atoms with van der Waals surface area (Å²) in [6.07, 6.45) is 4.17. The lowest BCUT2D eigenvalue weighted by Gasteiger charge is -2.24. The van der Waals surface area contributed by atoms with Crippen LogP contribution < -0.4 is 14.2 Å². The van der Waals surface area contributed by atoms with Crippen molar-refractivity contribution in [3.05, 3.63) is 35.9 Å². The van der Waals surface area contributed by atoms with Crippen molar-refractivity contribution >= 4 is 17.7 Å². The Bertz CT molecular complexity index is 750. The Labute approximate surface area is 143 Å². The van der Waals surface area contributed by atoms with Gasteiger partial charge in [-0.15, -0.1) is 11.8 Å². The van der Waals surface area contributed by atoms with Crippen LogP contribution in [0.15, 0.2) is 24.7 Å². The van der Waals surface area contributed by atoms with E-state index in [0.29, 0.717) is 29.5 Å². The van der Waals surface area contributed by atoms with E-state index in [4.69, 9.17) is 14.2 Å². The molecule has 1 aromatic heterocycles. The maximum absolute atomic E-state index is 12.3. The van der Waals surface area contributed by atoms with Crippen molar-refractivity contribution in [1.29, 1.82) is 0 Å². The summed E-state index contributed by atoms with van der Waals surface area (Å²) in [4.78, 5) is 21.3. The number of H-pyrrole nitrogens is 1. The van der Waals surface area contributed by atoms with Gasteiger partial charge < -0.3 is 24.1 Å². The van der Waals surface area contributed by atoms with Gasteiger partial charge in [-0.25, -0.2) is 4.98 Å². The lowest BCUT2D eigenvalue weighted by Crippen LogP contribution is -2.30. The van der Waals surface area contributed by atoms with Crippen molar-refractivity contribution in [3.63, 3.8) is 0 Å². The number of amides is 1. The zero-order valence-electron chi connectivity index (χ0n) is 13.2. The van der Waals surface area contributed by atoms with Gasteiger partial charge in [0.1, 0.15) is 5.37 Å². The van der Waals surface area contributed by atoms with Crippen LogP contribution in [0.3, 0.4) is 0 Å². The topological polar surface area (TPSA) is 76.7 Å². The smallest absolute Gasteiger partial charge is 0.233 e. The number of fused-ring (bicyclic) bond motifs is 1. The summed E-state index contributed by atoms with van der Waals surface area (Å²) in [6, 6.07) is 3.86. The molecule has 24 heavy (non-hydrogen) atoms. The highest BCUT2D eigenvalue weighted by molar-refractivity contribution is 8.00. The molecule has 2 aliphatic heterocycles. The van der Waals surface area contributed by atoms with E-state index in [0.717, 1.165) is 17.7 Å². The summed E-state index contributed by atoms with van der Waals surface area (Å²) < 4.78 is 16.3. The number of thioether (sulfide) groups is 1. The molecule has 2 aromatic rings. The minimum atomic E-state index is -0.0520. The lowest BCUT2D eigenvalue weighted by molar-refractivity contribution is -0.128. The fourth-order valence-electron chi connectivity index (χ4n) is 2.93. The monoisotopic (exact) mass is 347 g/mol. The van der Waals surface area contributed by atoms with Crippen LogP contribution in [0.2, 0.25) is 0 Å². The first-order valence-electron chi connectivity index (χ1n) is 7.62. The van der Waals surface area contributed by atoms with Gasteiger partial charge in [0.05, 0.1) is 19.2 Å². The van der Waals surface area contributed by atoms with Gasteiger partial charge in [-0.1, -0.05) is 0 Å². The van der Waals surface area contributed by atoms with Crippen molar-refractivity contribution in [2.75, 3.05) is 26.2 Å². The molecular weight excluding hydrogens is 330 g/mol. The van der Waals surface area contributed by atoms with Crippen LogP contribution in [0.1, 0.15) is 16.6 Å². The third kappa shape index (κ3) is 2.66. The van der Waals surface area contributed by atoms with E-state index in [1.54, 1.807) is 31.4 Å². The quantitative estimate of drug-likeness (QED) is 0.891. The first kappa shape index (κ1) is 15.2. The van der Waals surface area contributed by atoms with Crippen LogP contribution in [0, 0.1) is 0 Å². The first-order chi connectivity index (χ1) is 11.8. The van der Waals surface area contributed by atoms with Crippen LogP contribution in [0.5, 0.6) is 17.2 Å². The number of aromatic nitrogens is 2. The second-order valence-electron chi connectivity index (χ2n) is 5.53. The van der Waals surface area contributed by atoms with E-state index in [1.165, 1.54) is 0 Å². The van der Waals surface area contributed by atoms with Gasteiger partial charge in [-0.3, -0.25) is 4.79 Å². The number of ether oxygens (including phenoxy) is 3. The van der Waals surface area contributed by atoms with Gasteiger partial charge in [0, 0.05) is 24.9 Å². The summed E-state index contributed by atoms with van der Waals surface area (Å²) >= 11 is 1.61. The Morgan fingerprint density at radius 2 is 2.38 bits per heavy atom. The van der Waals surface area contributed by atoms with Crippen molar-refractivity contribution in [2.45, 2.75) is 11.8 Å². The molecule has 7 nitrogen and oxygen atoms in total. The number of hydrogen-bond donors (Lipinski definition) is 1. The van der Waals surface area contributed by atoms with Gasteiger partial charge in [0.25, 0.3) is 0 Å². The van der Waals surface area contributed by atoms with E-state index in [-0.39, 0.29) is 18.1 Å². The number of hydrogen-bond acceptors (Lipinski definition) is 6. The summed E-state index contributed by atoms with van der Waals surface area (Å²) in [7, 11) is 1.60.